The third-order valence-corrected chi connectivity index (χ3v) is 5.75. The fourth-order valence-corrected chi connectivity index (χ4v) is 3.79. The number of nitrogens with one attached hydrogen (secondary N) is 1. The van der Waals surface area contributed by atoms with Crippen LogP contribution in [0.25, 0.3) is 0 Å². The third kappa shape index (κ3) is 5.96. The Morgan fingerprint density at radius 3 is 2.43 bits per heavy atom. The molecule has 2 aliphatic rings. The molecule has 2 amide bonds. The van der Waals surface area contributed by atoms with Crippen LogP contribution in [-0.4, -0.2) is 66.8 Å². The van der Waals surface area contributed by atoms with Gasteiger partial charge in [0, 0.05) is 26.2 Å². The number of carbonyl (C=O) groups is 1. The molecule has 1 aliphatic carbocycles. The lowest BCUT2D eigenvalue weighted by molar-refractivity contribution is 0.133. The first-order chi connectivity index (χ1) is 11.1. The lowest BCUT2D eigenvalue weighted by Crippen LogP contribution is -2.45. The fraction of sp³-hybridized carbons (Fsp3) is 0.944. The standard InChI is InChI=1S/C18H35N3O2/c1-15-8-12-21(13-9-15)11-3-10-19-18(23)20(2)17-6-4-16(14-22)5-7-17/h15-17,22H,3-14H2,1-2H3,(H,19,23). The van der Waals surface area contributed by atoms with Crippen molar-refractivity contribution in [2.45, 2.75) is 57.9 Å². The SMILES string of the molecule is CC1CCN(CCCNC(=O)N(C)C2CCC(CO)CC2)CC1. The average molecular weight is 325 g/mol. The lowest BCUT2D eigenvalue weighted by atomic mass is 9.86. The summed E-state index contributed by atoms with van der Waals surface area (Å²) in [6, 6.07) is 0.395. The number of nitrogens with zero attached hydrogens (tertiary/aromatic N) is 2. The van der Waals surface area contributed by atoms with E-state index < -0.39 is 0 Å². The number of urea groups is 1. The van der Waals surface area contributed by atoms with Crippen molar-refractivity contribution in [3.05, 3.63) is 0 Å². The number of aliphatic hydroxyl groups excluding tert-OH is 1. The molecule has 1 heterocycles. The summed E-state index contributed by atoms with van der Waals surface area (Å²) in [4.78, 5) is 16.6. The molecule has 0 aromatic heterocycles. The zero-order chi connectivity index (χ0) is 16.7. The second-order valence-corrected chi connectivity index (χ2v) is 7.58. The topological polar surface area (TPSA) is 55.8 Å². The molecule has 23 heavy (non-hydrogen) atoms. The minimum Gasteiger partial charge on any atom is -0.396 e. The van der Waals surface area contributed by atoms with Crippen molar-refractivity contribution >= 4 is 6.03 Å². The van der Waals surface area contributed by atoms with Crippen molar-refractivity contribution in [1.29, 1.82) is 0 Å². The molecule has 5 nitrogen and oxygen atoms in total. The highest BCUT2D eigenvalue weighted by molar-refractivity contribution is 5.74. The second-order valence-electron chi connectivity index (χ2n) is 7.58. The van der Waals surface area contributed by atoms with Gasteiger partial charge in [-0.15, -0.1) is 0 Å². The Morgan fingerprint density at radius 1 is 1.17 bits per heavy atom. The Kier molecular flexibility index (Phi) is 7.63. The van der Waals surface area contributed by atoms with E-state index >= 15 is 0 Å². The van der Waals surface area contributed by atoms with Gasteiger partial charge in [0.25, 0.3) is 0 Å². The van der Waals surface area contributed by atoms with Crippen LogP contribution in [0.3, 0.4) is 0 Å². The molecule has 0 radical (unpaired) electrons. The molecule has 0 unspecified atom stereocenters. The van der Waals surface area contributed by atoms with Gasteiger partial charge in [-0.3, -0.25) is 0 Å². The first kappa shape index (κ1) is 18.5. The number of hydrogen-bond donors (Lipinski definition) is 2. The quantitative estimate of drug-likeness (QED) is 0.737. The summed E-state index contributed by atoms with van der Waals surface area (Å²) in [6.45, 7) is 6.91. The molecule has 0 spiro atoms. The molecule has 2 N–H and O–H groups in total. The van der Waals surface area contributed by atoms with Crippen molar-refractivity contribution < 1.29 is 9.90 Å². The molecule has 1 aliphatic heterocycles. The fourth-order valence-electron chi connectivity index (χ4n) is 3.79. The van der Waals surface area contributed by atoms with Crippen LogP contribution in [0.2, 0.25) is 0 Å². The van der Waals surface area contributed by atoms with Crippen LogP contribution in [0.4, 0.5) is 4.79 Å². The average Bonchev–Trinajstić information content (AvgIpc) is 2.59. The van der Waals surface area contributed by atoms with Gasteiger partial charge in [-0.25, -0.2) is 4.79 Å². The Labute approximate surface area is 141 Å². The second kappa shape index (κ2) is 9.48. The summed E-state index contributed by atoms with van der Waals surface area (Å²) in [5.41, 5.74) is 0. The minimum absolute atomic E-state index is 0.0599. The number of aliphatic hydroxyl groups is 1. The van der Waals surface area contributed by atoms with E-state index in [0.717, 1.165) is 51.1 Å². The smallest absolute Gasteiger partial charge is 0.317 e. The highest BCUT2D eigenvalue weighted by Crippen LogP contribution is 2.26. The maximum Gasteiger partial charge on any atom is 0.317 e. The molecule has 0 bridgehead atoms. The molecule has 0 aromatic rings. The Bertz CT molecular complexity index is 348. The van der Waals surface area contributed by atoms with E-state index in [1.165, 1.54) is 25.9 Å². The van der Waals surface area contributed by atoms with Crippen LogP contribution >= 0.6 is 0 Å². The van der Waals surface area contributed by atoms with Crippen LogP contribution in [-0.2, 0) is 0 Å². The predicted octanol–water partition coefficient (Wildman–Crippen LogP) is 2.30. The summed E-state index contributed by atoms with van der Waals surface area (Å²) in [5.74, 6) is 1.32. The number of piperidine rings is 1. The summed E-state index contributed by atoms with van der Waals surface area (Å²) in [7, 11) is 1.91. The number of carbonyl (C=O) groups excluding carboxylic acids is 1. The molecule has 0 aromatic carbocycles. The first-order valence-corrected chi connectivity index (χ1v) is 9.44. The molecule has 134 valence electrons. The van der Waals surface area contributed by atoms with Crippen LogP contribution in [0, 0.1) is 11.8 Å². The Hall–Kier alpha value is -0.810. The van der Waals surface area contributed by atoms with Gasteiger partial charge in [-0.05, 0) is 76.4 Å². The summed E-state index contributed by atoms with van der Waals surface area (Å²) >= 11 is 0. The predicted molar refractivity (Wildman–Crippen MR) is 93.4 cm³/mol. The molecule has 2 fully saturated rings. The Balaban J connectivity index is 1.57. The summed E-state index contributed by atoms with van der Waals surface area (Å²) < 4.78 is 0. The van der Waals surface area contributed by atoms with E-state index in [1.54, 1.807) is 0 Å². The first-order valence-electron chi connectivity index (χ1n) is 9.44. The molecule has 0 atom stereocenters. The van der Waals surface area contributed by atoms with E-state index in [4.69, 9.17) is 0 Å². The summed E-state index contributed by atoms with van der Waals surface area (Å²) in [5, 5.41) is 12.3. The largest absolute Gasteiger partial charge is 0.396 e. The normalized spacial score (nSPS) is 26.9. The van der Waals surface area contributed by atoms with Gasteiger partial charge in [0.15, 0.2) is 0 Å². The maximum atomic E-state index is 12.2. The van der Waals surface area contributed by atoms with Gasteiger partial charge in [0.05, 0.1) is 0 Å². The number of hydrogen-bond acceptors (Lipinski definition) is 3. The number of amides is 2. The zero-order valence-electron chi connectivity index (χ0n) is 15.0. The monoisotopic (exact) mass is 325 g/mol. The van der Waals surface area contributed by atoms with Crippen LogP contribution < -0.4 is 5.32 Å². The lowest BCUT2D eigenvalue weighted by Gasteiger charge is -2.34. The van der Waals surface area contributed by atoms with E-state index in [0.29, 0.717) is 12.0 Å². The molecular formula is C18H35N3O2. The van der Waals surface area contributed by atoms with E-state index in [-0.39, 0.29) is 12.6 Å². The zero-order valence-corrected chi connectivity index (χ0v) is 15.0. The summed E-state index contributed by atoms with van der Waals surface area (Å²) in [6.07, 6.45) is 7.75. The highest BCUT2D eigenvalue weighted by Gasteiger charge is 2.26. The van der Waals surface area contributed by atoms with E-state index in [2.05, 4.69) is 17.1 Å². The van der Waals surface area contributed by atoms with Crippen LogP contribution in [0.15, 0.2) is 0 Å². The number of rotatable bonds is 6. The van der Waals surface area contributed by atoms with E-state index in [9.17, 15) is 9.90 Å². The van der Waals surface area contributed by atoms with Gasteiger partial charge in [0.1, 0.15) is 0 Å². The van der Waals surface area contributed by atoms with Crippen LogP contribution in [0.1, 0.15) is 51.9 Å². The van der Waals surface area contributed by atoms with Gasteiger partial charge in [-0.2, -0.15) is 0 Å². The van der Waals surface area contributed by atoms with Gasteiger partial charge >= 0.3 is 6.03 Å². The minimum atomic E-state index is 0.0599. The van der Waals surface area contributed by atoms with Crippen molar-refractivity contribution in [3.63, 3.8) is 0 Å². The molecule has 5 heteroatoms. The number of likely N-dealkylation sites (tertiary alicyclic amines) is 1. The van der Waals surface area contributed by atoms with Gasteiger partial charge < -0.3 is 20.2 Å². The Morgan fingerprint density at radius 2 is 1.83 bits per heavy atom. The molecule has 1 saturated heterocycles. The third-order valence-electron chi connectivity index (χ3n) is 5.75. The highest BCUT2D eigenvalue weighted by atomic mass is 16.3. The van der Waals surface area contributed by atoms with Gasteiger partial charge in [0.2, 0.25) is 0 Å². The van der Waals surface area contributed by atoms with Crippen molar-refractivity contribution in [1.82, 2.24) is 15.1 Å². The van der Waals surface area contributed by atoms with Crippen molar-refractivity contribution in [2.75, 3.05) is 39.8 Å². The van der Waals surface area contributed by atoms with Gasteiger partial charge in [-0.1, -0.05) is 6.92 Å². The van der Waals surface area contributed by atoms with Crippen LogP contribution in [0.5, 0.6) is 0 Å². The molecule has 1 saturated carbocycles. The molecule has 2 rings (SSSR count). The van der Waals surface area contributed by atoms with Crippen molar-refractivity contribution in [2.24, 2.45) is 11.8 Å². The van der Waals surface area contributed by atoms with E-state index in [1.807, 2.05) is 11.9 Å². The molecular weight excluding hydrogens is 290 g/mol. The maximum absolute atomic E-state index is 12.2. The van der Waals surface area contributed by atoms with Crippen molar-refractivity contribution in [3.8, 4) is 0 Å².